The molecule has 0 aliphatic carbocycles. The van der Waals surface area contributed by atoms with Gasteiger partial charge in [-0.25, -0.2) is 15.1 Å². The van der Waals surface area contributed by atoms with E-state index < -0.39 is 18.6 Å². The Morgan fingerprint density at radius 3 is 2.63 bits per heavy atom. The number of carboxylic acid groups (broad SMARTS) is 1. The SMILES string of the molecule is N#CCCN(C(=O)NOCC(=O)O)c1ccccc1. The molecular formula is C12H13N3O4. The predicted molar refractivity (Wildman–Crippen MR) is 66.1 cm³/mol. The normalized spacial score (nSPS) is 9.42. The molecule has 0 unspecified atom stereocenters. The fraction of sp³-hybridized carbons (Fsp3) is 0.250. The number of anilines is 1. The number of hydrogen-bond acceptors (Lipinski definition) is 4. The van der Waals surface area contributed by atoms with E-state index in [0.717, 1.165) is 0 Å². The zero-order valence-electron chi connectivity index (χ0n) is 10.1. The van der Waals surface area contributed by atoms with E-state index in [0.29, 0.717) is 5.69 Å². The Hall–Kier alpha value is -2.59. The number of nitrogens with one attached hydrogen (secondary N) is 1. The van der Waals surface area contributed by atoms with Crippen molar-refractivity contribution in [1.29, 1.82) is 5.26 Å². The van der Waals surface area contributed by atoms with Crippen LogP contribution < -0.4 is 10.4 Å². The summed E-state index contributed by atoms with van der Waals surface area (Å²) in [5, 5.41) is 17.0. The monoisotopic (exact) mass is 263 g/mol. The zero-order chi connectivity index (χ0) is 14.1. The number of rotatable bonds is 6. The molecule has 1 aromatic rings. The van der Waals surface area contributed by atoms with Gasteiger partial charge in [-0.05, 0) is 12.1 Å². The summed E-state index contributed by atoms with van der Waals surface area (Å²) in [6.07, 6.45) is 0.154. The number of carboxylic acids is 1. The molecule has 0 saturated carbocycles. The van der Waals surface area contributed by atoms with Gasteiger partial charge in [-0.15, -0.1) is 0 Å². The summed E-state index contributed by atoms with van der Waals surface area (Å²) in [4.78, 5) is 27.9. The lowest BCUT2D eigenvalue weighted by atomic mass is 10.3. The first-order valence-electron chi connectivity index (χ1n) is 5.48. The summed E-state index contributed by atoms with van der Waals surface area (Å²) < 4.78 is 0. The molecule has 0 atom stereocenters. The number of amides is 2. The van der Waals surface area contributed by atoms with Crippen molar-refractivity contribution < 1.29 is 19.5 Å². The lowest BCUT2D eigenvalue weighted by Crippen LogP contribution is -2.41. The fourth-order valence-electron chi connectivity index (χ4n) is 1.33. The molecular weight excluding hydrogens is 250 g/mol. The minimum Gasteiger partial charge on any atom is -0.479 e. The molecule has 2 amide bonds. The Bertz CT molecular complexity index is 470. The summed E-state index contributed by atoms with van der Waals surface area (Å²) in [5.41, 5.74) is 2.61. The van der Waals surface area contributed by atoms with Gasteiger partial charge in [0.15, 0.2) is 6.61 Å². The second-order valence-corrected chi connectivity index (χ2v) is 3.48. The van der Waals surface area contributed by atoms with Crippen LogP contribution in [0, 0.1) is 11.3 Å². The summed E-state index contributed by atoms with van der Waals surface area (Å²) in [7, 11) is 0. The first kappa shape index (κ1) is 14.5. The molecule has 1 rings (SSSR count). The summed E-state index contributed by atoms with van der Waals surface area (Å²) in [6, 6.07) is 10.0. The van der Waals surface area contributed by atoms with Gasteiger partial charge in [0.05, 0.1) is 12.5 Å². The molecule has 0 bridgehead atoms. The van der Waals surface area contributed by atoms with Crippen molar-refractivity contribution in [3.05, 3.63) is 30.3 Å². The van der Waals surface area contributed by atoms with Crippen LogP contribution in [0.1, 0.15) is 6.42 Å². The second-order valence-electron chi connectivity index (χ2n) is 3.48. The molecule has 100 valence electrons. The number of aliphatic carboxylic acids is 1. The maximum atomic E-state index is 11.8. The van der Waals surface area contributed by atoms with Gasteiger partial charge >= 0.3 is 12.0 Å². The number of hydroxylamine groups is 1. The Labute approximate surface area is 110 Å². The minimum absolute atomic E-state index is 0.154. The number of urea groups is 1. The van der Waals surface area contributed by atoms with Crippen LogP contribution in [0.15, 0.2) is 30.3 Å². The van der Waals surface area contributed by atoms with Crippen LogP contribution in [-0.4, -0.2) is 30.3 Å². The molecule has 2 N–H and O–H groups in total. The molecule has 1 aromatic carbocycles. The van der Waals surface area contributed by atoms with Gasteiger partial charge in [-0.3, -0.25) is 9.74 Å². The summed E-state index contributed by atoms with van der Waals surface area (Å²) in [5.74, 6) is -1.19. The number of nitriles is 1. The van der Waals surface area contributed by atoms with Gasteiger partial charge in [-0.1, -0.05) is 18.2 Å². The highest BCUT2D eigenvalue weighted by Gasteiger charge is 2.15. The second kappa shape index (κ2) is 7.68. The third-order valence-electron chi connectivity index (χ3n) is 2.12. The first-order chi connectivity index (χ1) is 9.15. The van der Waals surface area contributed by atoms with E-state index in [-0.39, 0.29) is 13.0 Å². The minimum atomic E-state index is -1.19. The quantitative estimate of drug-likeness (QED) is 0.749. The van der Waals surface area contributed by atoms with Crippen LogP contribution in [0.3, 0.4) is 0 Å². The smallest absolute Gasteiger partial charge is 0.345 e. The average Bonchev–Trinajstić information content (AvgIpc) is 2.40. The fourth-order valence-corrected chi connectivity index (χ4v) is 1.33. The van der Waals surface area contributed by atoms with Gasteiger partial charge in [0.1, 0.15) is 0 Å². The van der Waals surface area contributed by atoms with Crippen molar-refractivity contribution in [1.82, 2.24) is 5.48 Å². The number of hydrogen-bond donors (Lipinski definition) is 2. The maximum absolute atomic E-state index is 11.8. The van der Waals surface area contributed by atoms with Crippen molar-refractivity contribution in [3.63, 3.8) is 0 Å². The van der Waals surface area contributed by atoms with E-state index in [2.05, 4.69) is 4.84 Å². The number of carbonyl (C=O) groups excluding carboxylic acids is 1. The van der Waals surface area contributed by atoms with E-state index in [4.69, 9.17) is 10.4 Å². The third kappa shape index (κ3) is 5.06. The number of para-hydroxylation sites is 1. The van der Waals surface area contributed by atoms with E-state index in [1.54, 1.807) is 30.3 Å². The highest BCUT2D eigenvalue weighted by Crippen LogP contribution is 2.13. The predicted octanol–water partition coefficient (Wildman–Crippen LogP) is 1.13. The Balaban J connectivity index is 2.66. The van der Waals surface area contributed by atoms with Gasteiger partial charge < -0.3 is 5.11 Å². The van der Waals surface area contributed by atoms with Crippen molar-refractivity contribution in [2.24, 2.45) is 0 Å². The van der Waals surface area contributed by atoms with E-state index in [9.17, 15) is 9.59 Å². The lowest BCUT2D eigenvalue weighted by molar-refractivity contribution is -0.143. The van der Waals surface area contributed by atoms with Crippen LogP contribution in [0.25, 0.3) is 0 Å². The lowest BCUT2D eigenvalue weighted by Gasteiger charge is -2.21. The number of benzene rings is 1. The first-order valence-corrected chi connectivity index (χ1v) is 5.48. The highest BCUT2D eigenvalue weighted by molar-refractivity contribution is 5.91. The van der Waals surface area contributed by atoms with Crippen molar-refractivity contribution in [2.45, 2.75) is 6.42 Å². The van der Waals surface area contributed by atoms with Gasteiger partial charge in [0.2, 0.25) is 0 Å². The Morgan fingerprint density at radius 1 is 1.37 bits per heavy atom. The van der Waals surface area contributed by atoms with E-state index in [1.807, 2.05) is 11.5 Å². The van der Waals surface area contributed by atoms with Crippen LogP contribution in [0.4, 0.5) is 10.5 Å². The van der Waals surface area contributed by atoms with Gasteiger partial charge in [0.25, 0.3) is 0 Å². The standard InChI is InChI=1S/C12H13N3O4/c13-7-4-8-15(10-5-2-1-3-6-10)12(18)14-19-9-11(16)17/h1-3,5-6H,4,8-9H2,(H,14,18)(H,16,17). The number of nitrogens with zero attached hydrogens (tertiary/aromatic N) is 2. The summed E-state index contributed by atoms with van der Waals surface area (Å²) >= 11 is 0. The van der Waals surface area contributed by atoms with Crippen LogP contribution in [0.2, 0.25) is 0 Å². The molecule has 0 radical (unpaired) electrons. The van der Waals surface area contributed by atoms with Crippen molar-refractivity contribution >= 4 is 17.7 Å². The number of carbonyl (C=O) groups is 2. The third-order valence-corrected chi connectivity index (χ3v) is 2.12. The average molecular weight is 263 g/mol. The largest absolute Gasteiger partial charge is 0.479 e. The molecule has 7 heteroatoms. The molecule has 0 spiro atoms. The van der Waals surface area contributed by atoms with Crippen molar-refractivity contribution in [2.75, 3.05) is 18.1 Å². The molecule has 7 nitrogen and oxygen atoms in total. The molecule has 0 saturated heterocycles. The van der Waals surface area contributed by atoms with Crippen LogP contribution in [-0.2, 0) is 9.63 Å². The molecule has 19 heavy (non-hydrogen) atoms. The van der Waals surface area contributed by atoms with Crippen molar-refractivity contribution in [3.8, 4) is 6.07 Å². The zero-order valence-corrected chi connectivity index (χ0v) is 10.1. The van der Waals surface area contributed by atoms with Crippen LogP contribution in [0.5, 0.6) is 0 Å². The maximum Gasteiger partial charge on any atom is 0.345 e. The Kier molecular flexibility index (Phi) is 5.85. The summed E-state index contributed by atoms with van der Waals surface area (Å²) in [6.45, 7) is -0.449. The Morgan fingerprint density at radius 2 is 2.05 bits per heavy atom. The van der Waals surface area contributed by atoms with Gasteiger partial charge in [-0.2, -0.15) is 5.26 Å². The molecule has 0 heterocycles. The highest BCUT2D eigenvalue weighted by atomic mass is 16.7. The molecule has 0 fully saturated rings. The van der Waals surface area contributed by atoms with E-state index >= 15 is 0 Å². The topological polar surface area (TPSA) is 103 Å². The molecule has 0 aliphatic heterocycles. The van der Waals surface area contributed by atoms with Crippen LogP contribution >= 0.6 is 0 Å². The van der Waals surface area contributed by atoms with Gasteiger partial charge in [0, 0.05) is 12.2 Å². The molecule has 0 aliphatic rings. The molecule has 0 aromatic heterocycles. The van der Waals surface area contributed by atoms with E-state index in [1.165, 1.54) is 4.90 Å².